The molecule has 2 aromatic carbocycles. The molecule has 1 aliphatic heterocycles. The number of carbonyl (C=O) groups excluding carboxylic acids is 1. The predicted molar refractivity (Wildman–Crippen MR) is 159 cm³/mol. The van der Waals surface area contributed by atoms with Gasteiger partial charge in [0, 0.05) is 25.7 Å². The molecule has 3 aliphatic carbocycles. The van der Waals surface area contributed by atoms with Crippen LogP contribution in [0.4, 0.5) is 5.69 Å². The second-order valence-corrected chi connectivity index (χ2v) is 12.9. The number of aliphatic carboxylic acids is 1. The highest BCUT2D eigenvalue weighted by atomic mass is 16.5. The number of methoxy groups -OCH3 is 1. The highest BCUT2D eigenvalue weighted by Gasteiger charge is 2.39. The van der Waals surface area contributed by atoms with Gasteiger partial charge in [-0.15, -0.1) is 0 Å². The predicted octanol–water partition coefficient (Wildman–Crippen LogP) is 6.12. The Hall–Kier alpha value is -3.22. The first-order valence-corrected chi connectivity index (χ1v) is 15.6. The van der Waals surface area contributed by atoms with Gasteiger partial charge in [0.15, 0.2) is 0 Å². The minimum absolute atomic E-state index is 0.0168. The average molecular weight is 561 g/mol. The van der Waals surface area contributed by atoms with Crippen molar-refractivity contribution in [2.24, 2.45) is 29.6 Å². The molecular formula is C34H44N2O5. The summed E-state index contributed by atoms with van der Waals surface area (Å²) in [7, 11) is 1.67. The largest absolute Gasteiger partial charge is 0.497 e. The number of carbonyl (C=O) groups is 2. The molecular weight excluding hydrogens is 516 g/mol. The molecule has 1 amide bonds. The summed E-state index contributed by atoms with van der Waals surface area (Å²) >= 11 is 0. The molecule has 4 atom stereocenters. The van der Waals surface area contributed by atoms with Crippen LogP contribution >= 0.6 is 0 Å². The number of rotatable bonds is 12. The van der Waals surface area contributed by atoms with E-state index in [1.807, 2.05) is 42.5 Å². The third kappa shape index (κ3) is 6.65. The van der Waals surface area contributed by atoms with Gasteiger partial charge in [0.1, 0.15) is 11.5 Å². The molecule has 4 fully saturated rings. The third-order valence-electron chi connectivity index (χ3n) is 10.2. The van der Waals surface area contributed by atoms with Crippen molar-refractivity contribution in [1.82, 2.24) is 5.32 Å². The van der Waals surface area contributed by atoms with E-state index in [1.165, 1.54) is 25.7 Å². The van der Waals surface area contributed by atoms with Crippen LogP contribution in [0.2, 0.25) is 0 Å². The Bertz CT molecular complexity index is 1240. The molecule has 2 bridgehead atoms. The van der Waals surface area contributed by atoms with Crippen LogP contribution in [0.3, 0.4) is 0 Å². The number of hydrogen-bond donors (Lipinski definition) is 2. The molecule has 2 N–H and O–H groups in total. The zero-order chi connectivity index (χ0) is 28.3. The Morgan fingerprint density at radius 2 is 1.83 bits per heavy atom. The lowest BCUT2D eigenvalue weighted by molar-refractivity contribution is -0.137. The number of carboxylic acid groups (broad SMARTS) is 1. The lowest BCUT2D eigenvalue weighted by Crippen LogP contribution is -2.38. The van der Waals surface area contributed by atoms with E-state index in [9.17, 15) is 14.7 Å². The van der Waals surface area contributed by atoms with E-state index >= 15 is 0 Å². The molecule has 7 heteroatoms. The zero-order valence-corrected chi connectivity index (χ0v) is 24.2. The zero-order valence-electron chi connectivity index (χ0n) is 24.2. The van der Waals surface area contributed by atoms with Crippen molar-refractivity contribution in [2.75, 3.05) is 38.3 Å². The first-order chi connectivity index (χ1) is 20.0. The summed E-state index contributed by atoms with van der Waals surface area (Å²) in [5, 5.41) is 12.6. The summed E-state index contributed by atoms with van der Waals surface area (Å²) in [5.41, 5.74) is 2.75. The summed E-state index contributed by atoms with van der Waals surface area (Å²) in [6.45, 7) is 3.13. The number of nitrogens with one attached hydrogen (secondary N) is 1. The number of ether oxygens (including phenoxy) is 2. The first-order valence-electron chi connectivity index (χ1n) is 15.6. The van der Waals surface area contributed by atoms with Crippen molar-refractivity contribution in [3.63, 3.8) is 0 Å². The minimum atomic E-state index is -0.739. The van der Waals surface area contributed by atoms with E-state index in [2.05, 4.69) is 10.2 Å². The molecule has 4 aliphatic rings. The Labute approximate surface area is 243 Å². The fourth-order valence-electron chi connectivity index (χ4n) is 7.67. The van der Waals surface area contributed by atoms with E-state index in [1.54, 1.807) is 7.11 Å². The van der Waals surface area contributed by atoms with Gasteiger partial charge in [0.2, 0.25) is 0 Å². The number of carboxylic acids is 1. The first kappa shape index (κ1) is 27.9. The Morgan fingerprint density at radius 3 is 2.51 bits per heavy atom. The lowest BCUT2D eigenvalue weighted by Gasteiger charge is -2.34. The fourth-order valence-corrected chi connectivity index (χ4v) is 7.67. The van der Waals surface area contributed by atoms with Crippen LogP contribution in [0, 0.1) is 29.6 Å². The average Bonchev–Trinajstić information content (AvgIpc) is 3.62. The number of amides is 1. The maximum atomic E-state index is 13.3. The Balaban J connectivity index is 1.04. The molecule has 3 unspecified atom stereocenters. The third-order valence-corrected chi connectivity index (χ3v) is 10.2. The quantitative estimate of drug-likeness (QED) is 0.325. The van der Waals surface area contributed by atoms with Crippen LogP contribution < -0.4 is 19.7 Å². The Morgan fingerprint density at radius 1 is 1.00 bits per heavy atom. The molecule has 1 heterocycles. The smallest absolute Gasteiger partial charge is 0.303 e. The summed E-state index contributed by atoms with van der Waals surface area (Å²) < 4.78 is 11.8. The Kier molecular flexibility index (Phi) is 8.40. The molecule has 220 valence electrons. The maximum Gasteiger partial charge on any atom is 0.303 e. The SMILES string of the molecule is COc1ccc(C(=O)NCC2C[C@@H]3CCC2C3)c(N2CCC(COc3cccc(C(CC(=O)O)C4CC4)c3)CC2)c1. The highest BCUT2D eigenvalue weighted by molar-refractivity contribution is 6.00. The van der Waals surface area contributed by atoms with E-state index in [0.29, 0.717) is 24.4 Å². The second-order valence-electron chi connectivity index (χ2n) is 12.9. The van der Waals surface area contributed by atoms with Crippen molar-refractivity contribution < 1.29 is 24.2 Å². The molecule has 3 saturated carbocycles. The second kappa shape index (κ2) is 12.3. The van der Waals surface area contributed by atoms with Gasteiger partial charge in [-0.25, -0.2) is 0 Å². The molecule has 41 heavy (non-hydrogen) atoms. The van der Waals surface area contributed by atoms with Gasteiger partial charge in [0.25, 0.3) is 5.91 Å². The number of fused-ring (bicyclic) bond motifs is 2. The van der Waals surface area contributed by atoms with Gasteiger partial charge in [-0.3, -0.25) is 9.59 Å². The van der Waals surface area contributed by atoms with Crippen LogP contribution in [-0.4, -0.2) is 50.3 Å². The van der Waals surface area contributed by atoms with Crippen molar-refractivity contribution in [3.8, 4) is 11.5 Å². The maximum absolute atomic E-state index is 13.3. The topological polar surface area (TPSA) is 88.1 Å². The monoisotopic (exact) mass is 560 g/mol. The normalized spacial score (nSPS) is 24.7. The fraction of sp³-hybridized carbons (Fsp3) is 0.588. The summed E-state index contributed by atoms with van der Waals surface area (Å²) in [4.78, 5) is 27.1. The van der Waals surface area contributed by atoms with E-state index in [0.717, 1.165) is 85.5 Å². The van der Waals surface area contributed by atoms with E-state index in [-0.39, 0.29) is 18.2 Å². The molecule has 7 nitrogen and oxygen atoms in total. The number of hydrogen-bond acceptors (Lipinski definition) is 5. The van der Waals surface area contributed by atoms with Crippen LogP contribution in [0.1, 0.15) is 79.6 Å². The highest BCUT2D eigenvalue weighted by Crippen LogP contribution is 2.48. The van der Waals surface area contributed by atoms with Crippen molar-refractivity contribution in [2.45, 2.75) is 63.7 Å². The van der Waals surface area contributed by atoms with Gasteiger partial charge in [-0.1, -0.05) is 18.6 Å². The molecule has 0 aromatic heterocycles. The molecule has 2 aromatic rings. The van der Waals surface area contributed by atoms with Crippen LogP contribution in [0.15, 0.2) is 42.5 Å². The van der Waals surface area contributed by atoms with Gasteiger partial charge in [-0.05, 0) is 110 Å². The van der Waals surface area contributed by atoms with E-state index < -0.39 is 5.97 Å². The number of anilines is 1. The van der Waals surface area contributed by atoms with E-state index in [4.69, 9.17) is 9.47 Å². The summed E-state index contributed by atoms with van der Waals surface area (Å²) in [6.07, 6.45) is 9.68. The van der Waals surface area contributed by atoms with Gasteiger partial charge in [0.05, 0.1) is 31.4 Å². The van der Waals surface area contributed by atoms with Gasteiger partial charge >= 0.3 is 5.97 Å². The van der Waals surface area contributed by atoms with Gasteiger partial charge < -0.3 is 24.8 Å². The van der Waals surface area contributed by atoms with Crippen LogP contribution in [0.25, 0.3) is 0 Å². The molecule has 6 rings (SSSR count). The van der Waals surface area contributed by atoms with Crippen molar-refractivity contribution in [3.05, 3.63) is 53.6 Å². The molecule has 0 spiro atoms. The van der Waals surface area contributed by atoms with Crippen LogP contribution in [0.5, 0.6) is 11.5 Å². The standard InChI is InChI=1S/C34H44N2O5/c1-40-28-9-10-30(34(39)35-20-27-16-23-5-6-25(27)15-23)32(18-28)36-13-11-22(12-14-36)21-41-29-4-2-3-26(17-29)31(19-33(37)38)24-7-8-24/h2-4,9-10,17-18,22-25,27,31H,5-8,11-16,19-21H2,1H3,(H,35,39)(H,37,38)/t23-,25?,27?,31?/m1/s1. The summed E-state index contributed by atoms with van der Waals surface area (Å²) in [5.74, 6) is 4.15. The van der Waals surface area contributed by atoms with Gasteiger partial charge in [-0.2, -0.15) is 0 Å². The number of benzene rings is 2. The minimum Gasteiger partial charge on any atom is -0.497 e. The van der Waals surface area contributed by atoms with Crippen molar-refractivity contribution in [1.29, 1.82) is 0 Å². The molecule has 0 radical (unpaired) electrons. The number of piperidine rings is 1. The lowest BCUT2D eigenvalue weighted by atomic mass is 9.89. The van der Waals surface area contributed by atoms with Crippen molar-refractivity contribution >= 4 is 17.6 Å². The van der Waals surface area contributed by atoms with Crippen LogP contribution in [-0.2, 0) is 4.79 Å². The number of nitrogens with zero attached hydrogens (tertiary/aromatic N) is 1. The summed E-state index contributed by atoms with van der Waals surface area (Å²) in [6, 6.07) is 13.8. The molecule has 1 saturated heterocycles.